The molecule has 31 heavy (non-hydrogen) atoms. The Morgan fingerprint density at radius 3 is 2.55 bits per heavy atom. The predicted octanol–water partition coefficient (Wildman–Crippen LogP) is 5.76. The van der Waals surface area contributed by atoms with E-state index in [1.165, 1.54) is 4.90 Å². The molecule has 0 aliphatic carbocycles. The maximum atomic E-state index is 12.6. The van der Waals surface area contributed by atoms with Crippen LogP contribution in [0.3, 0.4) is 0 Å². The molecule has 6 nitrogen and oxygen atoms in total. The summed E-state index contributed by atoms with van der Waals surface area (Å²) in [6, 6.07) is 10.9. The van der Waals surface area contributed by atoms with E-state index < -0.39 is 0 Å². The van der Waals surface area contributed by atoms with Crippen LogP contribution in [0.2, 0.25) is 5.02 Å². The summed E-state index contributed by atoms with van der Waals surface area (Å²) in [5.74, 6) is 0.761. The van der Waals surface area contributed by atoms with Crippen molar-refractivity contribution in [2.75, 3.05) is 27.4 Å². The maximum absolute atomic E-state index is 12.6. The van der Waals surface area contributed by atoms with E-state index in [1.54, 1.807) is 44.6 Å². The Morgan fingerprint density at radius 2 is 1.87 bits per heavy atom. The van der Waals surface area contributed by atoms with E-state index in [4.69, 9.17) is 25.8 Å². The van der Waals surface area contributed by atoms with E-state index in [0.29, 0.717) is 57.6 Å². The van der Waals surface area contributed by atoms with Gasteiger partial charge in [0.1, 0.15) is 6.61 Å². The quantitative estimate of drug-likeness (QED) is 0.306. The van der Waals surface area contributed by atoms with Gasteiger partial charge < -0.3 is 14.2 Å². The van der Waals surface area contributed by atoms with E-state index in [0.717, 1.165) is 17.3 Å². The first-order valence-electron chi connectivity index (χ1n) is 9.42. The maximum Gasteiger partial charge on any atom is 0.293 e. The van der Waals surface area contributed by atoms with Gasteiger partial charge in [-0.1, -0.05) is 39.7 Å². The van der Waals surface area contributed by atoms with Crippen molar-refractivity contribution >= 4 is 56.5 Å². The summed E-state index contributed by atoms with van der Waals surface area (Å²) in [5, 5.41) is 0.384. The topological polar surface area (TPSA) is 65.1 Å². The minimum absolute atomic E-state index is 0.279. The largest absolute Gasteiger partial charge is 0.493 e. The fourth-order valence-electron chi connectivity index (χ4n) is 2.88. The number of carbonyl (C=O) groups is 2. The first-order chi connectivity index (χ1) is 14.9. The number of hydrogen-bond acceptors (Lipinski definition) is 6. The molecule has 1 aliphatic rings. The van der Waals surface area contributed by atoms with Crippen molar-refractivity contribution in [3.8, 4) is 11.5 Å². The standard InChI is InChI=1S/C22H21BrClNO5S/c1-28-9-3-8-25-21(26)20(31-22(25)27)11-15-10-18(29-2)19(12-17(15)23)30-13-14-4-6-16(24)7-5-14/h4-7,10-12H,3,8-9,13H2,1-2H3/b20-11+. The zero-order chi connectivity index (χ0) is 22.4. The molecule has 0 aromatic heterocycles. The number of imide groups is 1. The number of hydrogen-bond donors (Lipinski definition) is 0. The molecule has 0 radical (unpaired) electrons. The highest BCUT2D eigenvalue weighted by Gasteiger charge is 2.34. The average molecular weight is 527 g/mol. The molecule has 2 amide bonds. The second-order valence-electron chi connectivity index (χ2n) is 6.62. The van der Waals surface area contributed by atoms with Gasteiger partial charge in [0.25, 0.3) is 11.1 Å². The van der Waals surface area contributed by atoms with Crippen molar-refractivity contribution in [1.82, 2.24) is 4.90 Å². The molecule has 0 unspecified atom stereocenters. The molecule has 1 saturated heterocycles. The molecule has 3 rings (SSSR count). The summed E-state index contributed by atoms with van der Waals surface area (Å²) in [7, 11) is 3.13. The van der Waals surface area contributed by atoms with E-state index >= 15 is 0 Å². The lowest BCUT2D eigenvalue weighted by molar-refractivity contribution is -0.122. The molecule has 0 bridgehead atoms. The van der Waals surface area contributed by atoms with Crippen LogP contribution in [0.1, 0.15) is 17.5 Å². The van der Waals surface area contributed by atoms with Crippen LogP contribution in [0, 0.1) is 0 Å². The molecule has 1 aliphatic heterocycles. The summed E-state index contributed by atoms with van der Waals surface area (Å²) >= 11 is 10.4. The van der Waals surface area contributed by atoms with Gasteiger partial charge in [-0.3, -0.25) is 14.5 Å². The number of halogens is 2. The Bertz CT molecular complexity index is 996. The zero-order valence-electron chi connectivity index (χ0n) is 17.0. The number of carbonyl (C=O) groups excluding carboxylic acids is 2. The number of rotatable bonds is 9. The van der Waals surface area contributed by atoms with Crippen LogP contribution < -0.4 is 9.47 Å². The van der Waals surface area contributed by atoms with Crippen LogP contribution in [0.25, 0.3) is 6.08 Å². The van der Waals surface area contributed by atoms with Crippen LogP contribution in [0.5, 0.6) is 11.5 Å². The van der Waals surface area contributed by atoms with Gasteiger partial charge in [0.05, 0.1) is 12.0 Å². The van der Waals surface area contributed by atoms with Crippen molar-refractivity contribution < 1.29 is 23.8 Å². The van der Waals surface area contributed by atoms with Gasteiger partial charge in [-0.05, 0) is 59.7 Å². The van der Waals surface area contributed by atoms with Crippen LogP contribution in [-0.2, 0) is 16.1 Å². The summed E-state index contributed by atoms with van der Waals surface area (Å²) in [5.41, 5.74) is 1.67. The summed E-state index contributed by atoms with van der Waals surface area (Å²) in [6.07, 6.45) is 2.27. The van der Waals surface area contributed by atoms with Crippen LogP contribution in [0.15, 0.2) is 45.8 Å². The number of thioether (sulfide) groups is 1. The fourth-order valence-corrected chi connectivity index (χ4v) is 4.30. The Hall–Kier alpha value is -2.00. The van der Waals surface area contributed by atoms with Crippen molar-refractivity contribution in [3.63, 3.8) is 0 Å². The molecular weight excluding hydrogens is 506 g/mol. The number of ether oxygens (including phenoxy) is 3. The van der Waals surface area contributed by atoms with Gasteiger partial charge in [0.15, 0.2) is 11.5 Å². The zero-order valence-corrected chi connectivity index (χ0v) is 20.2. The summed E-state index contributed by atoms with van der Waals surface area (Å²) in [6.45, 7) is 1.17. The van der Waals surface area contributed by atoms with E-state index in [2.05, 4.69) is 15.9 Å². The third kappa shape index (κ3) is 6.04. The van der Waals surface area contributed by atoms with Gasteiger partial charge >= 0.3 is 0 Å². The number of benzene rings is 2. The summed E-state index contributed by atoms with van der Waals surface area (Å²) in [4.78, 5) is 26.4. The van der Waals surface area contributed by atoms with E-state index in [9.17, 15) is 9.59 Å². The molecule has 0 N–H and O–H groups in total. The van der Waals surface area contributed by atoms with Crippen molar-refractivity contribution in [1.29, 1.82) is 0 Å². The molecule has 9 heteroatoms. The van der Waals surface area contributed by atoms with Crippen LogP contribution in [0.4, 0.5) is 4.79 Å². The molecule has 2 aromatic rings. The Balaban J connectivity index is 1.77. The predicted molar refractivity (Wildman–Crippen MR) is 126 cm³/mol. The first kappa shape index (κ1) is 23.7. The van der Waals surface area contributed by atoms with Crippen LogP contribution >= 0.6 is 39.3 Å². The molecule has 1 heterocycles. The molecule has 0 saturated carbocycles. The molecule has 2 aromatic carbocycles. The first-order valence-corrected chi connectivity index (χ1v) is 11.4. The lowest BCUT2D eigenvalue weighted by atomic mass is 10.1. The van der Waals surface area contributed by atoms with Gasteiger partial charge in [-0.2, -0.15) is 0 Å². The molecular formula is C22H21BrClNO5S. The van der Waals surface area contributed by atoms with Gasteiger partial charge in [-0.25, -0.2) is 0 Å². The van der Waals surface area contributed by atoms with Gasteiger partial charge in [0.2, 0.25) is 0 Å². The highest BCUT2D eigenvalue weighted by Crippen LogP contribution is 2.38. The number of nitrogens with zero attached hydrogens (tertiary/aromatic N) is 1. The van der Waals surface area contributed by atoms with Crippen LogP contribution in [-0.4, -0.2) is 43.4 Å². The Labute approximate surface area is 198 Å². The Kier molecular flexibility index (Phi) is 8.43. The normalized spacial score (nSPS) is 15.1. The number of amides is 2. The third-order valence-corrected chi connectivity index (χ3v) is 6.33. The minimum Gasteiger partial charge on any atom is -0.493 e. The fraction of sp³-hybridized carbons (Fsp3) is 0.273. The second-order valence-corrected chi connectivity index (χ2v) is 8.90. The van der Waals surface area contributed by atoms with E-state index in [-0.39, 0.29) is 11.1 Å². The third-order valence-electron chi connectivity index (χ3n) is 4.48. The highest BCUT2D eigenvalue weighted by atomic mass is 79.9. The van der Waals surface area contributed by atoms with Crippen molar-refractivity contribution in [3.05, 3.63) is 61.9 Å². The molecule has 0 spiro atoms. The minimum atomic E-state index is -0.306. The lowest BCUT2D eigenvalue weighted by Gasteiger charge is -2.13. The molecule has 0 atom stereocenters. The highest BCUT2D eigenvalue weighted by molar-refractivity contribution is 9.10. The lowest BCUT2D eigenvalue weighted by Crippen LogP contribution is -2.29. The van der Waals surface area contributed by atoms with Crippen molar-refractivity contribution in [2.45, 2.75) is 13.0 Å². The number of methoxy groups -OCH3 is 2. The average Bonchev–Trinajstić information content (AvgIpc) is 3.02. The molecule has 164 valence electrons. The monoisotopic (exact) mass is 525 g/mol. The molecule has 1 fully saturated rings. The second kappa shape index (κ2) is 11.0. The van der Waals surface area contributed by atoms with E-state index in [1.807, 2.05) is 12.1 Å². The van der Waals surface area contributed by atoms with Gasteiger partial charge in [-0.15, -0.1) is 0 Å². The summed E-state index contributed by atoms with van der Waals surface area (Å²) < 4.78 is 17.1. The van der Waals surface area contributed by atoms with Gasteiger partial charge in [0, 0.05) is 29.8 Å². The SMILES string of the molecule is COCCCN1C(=O)S/C(=C/c2cc(OC)c(OCc3ccc(Cl)cc3)cc2Br)C1=O. The van der Waals surface area contributed by atoms with Crippen molar-refractivity contribution in [2.24, 2.45) is 0 Å². The smallest absolute Gasteiger partial charge is 0.293 e. The Morgan fingerprint density at radius 1 is 1.13 bits per heavy atom.